The molecular weight excluding hydrogens is 399 g/mol. The van der Waals surface area contributed by atoms with Gasteiger partial charge in [0, 0.05) is 0 Å². The third-order valence-electron chi connectivity index (χ3n) is 4.34. The third-order valence-corrected chi connectivity index (χ3v) is 4.34. The van der Waals surface area contributed by atoms with Crippen molar-refractivity contribution in [2.24, 2.45) is 0 Å². The van der Waals surface area contributed by atoms with E-state index in [2.05, 4.69) is 10.9 Å². The quantitative estimate of drug-likeness (QED) is 0.539. The Labute approximate surface area is 180 Å². The third kappa shape index (κ3) is 6.85. The van der Waals surface area contributed by atoms with E-state index in [0.29, 0.717) is 11.5 Å². The van der Waals surface area contributed by atoms with Crippen molar-refractivity contribution in [3.63, 3.8) is 0 Å². The summed E-state index contributed by atoms with van der Waals surface area (Å²) in [5.41, 5.74) is 6.84. The first-order valence-corrected chi connectivity index (χ1v) is 9.76. The number of benzene rings is 3. The standard InChI is InChI=1S/C24H23FN2O4/c1-17-5-4-6-20(15-17)30-14-13-23(28)26-27-24(29)21-7-2-3-8-22(21)31-16-18-9-11-19(25)12-10-18/h2-12,15H,13-14,16H2,1H3,(H,26,28)(H,27,29). The second kappa shape index (κ2) is 10.8. The molecule has 2 amide bonds. The van der Waals surface area contributed by atoms with Gasteiger partial charge < -0.3 is 9.47 Å². The Bertz CT molecular complexity index is 1040. The molecule has 0 radical (unpaired) electrons. The topological polar surface area (TPSA) is 76.7 Å². The average Bonchev–Trinajstić information content (AvgIpc) is 2.77. The van der Waals surface area contributed by atoms with Gasteiger partial charge in [-0.1, -0.05) is 36.4 Å². The Hall–Kier alpha value is -3.87. The number of nitrogens with one attached hydrogen (secondary N) is 2. The summed E-state index contributed by atoms with van der Waals surface area (Å²) in [7, 11) is 0. The highest BCUT2D eigenvalue weighted by molar-refractivity contribution is 5.97. The van der Waals surface area contributed by atoms with E-state index in [4.69, 9.17) is 9.47 Å². The van der Waals surface area contributed by atoms with Crippen LogP contribution in [-0.2, 0) is 11.4 Å². The lowest BCUT2D eigenvalue weighted by atomic mass is 10.2. The molecule has 0 atom stereocenters. The fourth-order valence-corrected chi connectivity index (χ4v) is 2.74. The minimum atomic E-state index is -0.511. The molecule has 0 aliphatic heterocycles. The zero-order chi connectivity index (χ0) is 22.1. The van der Waals surface area contributed by atoms with Gasteiger partial charge in [-0.2, -0.15) is 0 Å². The van der Waals surface area contributed by atoms with Crippen LogP contribution in [0.1, 0.15) is 27.9 Å². The van der Waals surface area contributed by atoms with Crippen LogP contribution >= 0.6 is 0 Å². The van der Waals surface area contributed by atoms with Crippen molar-refractivity contribution in [2.75, 3.05) is 6.61 Å². The Morgan fingerprint density at radius 3 is 2.45 bits per heavy atom. The normalized spacial score (nSPS) is 10.3. The fraction of sp³-hybridized carbons (Fsp3) is 0.167. The predicted molar refractivity (Wildman–Crippen MR) is 114 cm³/mol. The summed E-state index contributed by atoms with van der Waals surface area (Å²) in [5.74, 6) is -0.192. The second-order valence-electron chi connectivity index (χ2n) is 6.83. The molecule has 0 heterocycles. The maximum absolute atomic E-state index is 13.0. The van der Waals surface area contributed by atoms with Crippen molar-refractivity contribution in [3.8, 4) is 11.5 Å². The summed E-state index contributed by atoms with van der Waals surface area (Å²) in [5, 5.41) is 0. The smallest absolute Gasteiger partial charge is 0.273 e. The molecule has 3 aromatic carbocycles. The first-order valence-electron chi connectivity index (χ1n) is 9.76. The van der Waals surface area contributed by atoms with Crippen molar-refractivity contribution >= 4 is 11.8 Å². The van der Waals surface area contributed by atoms with Gasteiger partial charge in [0.1, 0.15) is 23.9 Å². The van der Waals surface area contributed by atoms with Crippen LogP contribution in [0.2, 0.25) is 0 Å². The molecule has 7 heteroatoms. The molecule has 0 fully saturated rings. The van der Waals surface area contributed by atoms with E-state index < -0.39 is 5.91 Å². The molecule has 0 saturated carbocycles. The van der Waals surface area contributed by atoms with Crippen molar-refractivity contribution < 1.29 is 23.5 Å². The molecule has 0 aliphatic carbocycles. The van der Waals surface area contributed by atoms with Gasteiger partial charge in [-0.05, 0) is 54.4 Å². The monoisotopic (exact) mass is 422 g/mol. The lowest BCUT2D eigenvalue weighted by Gasteiger charge is -2.12. The van der Waals surface area contributed by atoms with Gasteiger partial charge in [0.2, 0.25) is 5.91 Å². The fourth-order valence-electron chi connectivity index (χ4n) is 2.74. The maximum atomic E-state index is 13.0. The molecule has 2 N–H and O–H groups in total. The summed E-state index contributed by atoms with van der Waals surface area (Å²) in [4.78, 5) is 24.5. The number of carbonyl (C=O) groups excluding carboxylic acids is 2. The first kappa shape index (κ1) is 21.8. The number of hydrazine groups is 1. The van der Waals surface area contributed by atoms with E-state index >= 15 is 0 Å². The molecule has 160 valence electrons. The number of halogens is 1. The summed E-state index contributed by atoms with van der Waals surface area (Å²) in [6.07, 6.45) is 0.0803. The molecule has 0 spiro atoms. The maximum Gasteiger partial charge on any atom is 0.273 e. The van der Waals surface area contributed by atoms with E-state index in [0.717, 1.165) is 11.1 Å². The van der Waals surface area contributed by atoms with Gasteiger partial charge in [-0.3, -0.25) is 20.4 Å². The highest BCUT2D eigenvalue weighted by atomic mass is 19.1. The number of ether oxygens (including phenoxy) is 2. The zero-order valence-corrected chi connectivity index (χ0v) is 17.1. The van der Waals surface area contributed by atoms with Crippen molar-refractivity contribution in [1.82, 2.24) is 10.9 Å². The number of hydrogen-bond donors (Lipinski definition) is 2. The van der Waals surface area contributed by atoms with Gasteiger partial charge in [0.05, 0.1) is 18.6 Å². The van der Waals surface area contributed by atoms with Gasteiger partial charge in [-0.25, -0.2) is 4.39 Å². The van der Waals surface area contributed by atoms with Crippen LogP contribution in [0.3, 0.4) is 0 Å². The highest BCUT2D eigenvalue weighted by Crippen LogP contribution is 2.19. The van der Waals surface area contributed by atoms with E-state index in [-0.39, 0.29) is 36.9 Å². The lowest BCUT2D eigenvalue weighted by molar-refractivity contribution is -0.122. The summed E-state index contributed by atoms with van der Waals surface area (Å²) in [6.45, 7) is 2.31. The summed E-state index contributed by atoms with van der Waals surface area (Å²) in [6, 6.07) is 20.1. The Kier molecular flexibility index (Phi) is 7.59. The average molecular weight is 422 g/mol. The minimum Gasteiger partial charge on any atom is -0.493 e. The first-order chi connectivity index (χ1) is 15.0. The number of para-hydroxylation sites is 1. The molecule has 6 nitrogen and oxygen atoms in total. The number of rotatable bonds is 8. The largest absolute Gasteiger partial charge is 0.493 e. The number of aryl methyl sites for hydroxylation is 1. The van der Waals surface area contributed by atoms with Gasteiger partial charge in [0.25, 0.3) is 5.91 Å². The van der Waals surface area contributed by atoms with Crippen LogP contribution in [0.5, 0.6) is 11.5 Å². The molecular formula is C24H23FN2O4. The van der Waals surface area contributed by atoms with Crippen LogP contribution in [0.4, 0.5) is 4.39 Å². The van der Waals surface area contributed by atoms with E-state index in [1.165, 1.54) is 12.1 Å². The molecule has 0 saturated heterocycles. The summed E-state index contributed by atoms with van der Waals surface area (Å²) < 4.78 is 24.2. The highest BCUT2D eigenvalue weighted by Gasteiger charge is 2.13. The minimum absolute atomic E-state index is 0.0803. The molecule has 0 bridgehead atoms. The van der Waals surface area contributed by atoms with Gasteiger partial charge in [0.15, 0.2) is 0 Å². The van der Waals surface area contributed by atoms with E-state index in [9.17, 15) is 14.0 Å². The van der Waals surface area contributed by atoms with Crippen LogP contribution in [0, 0.1) is 12.7 Å². The van der Waals surface area contributed by atoms with Gasteiger partial charge in [-0.15, -0.1) is 0 Å². The van der Waals surface area contributed by atoms with E-state index in [1.54, 1.807) is 36.4 Å². The van der Waals surface area contributed by atoms with E-state index in [1.807, 2.05) is 31.2 Å². The molecule has 0 aliphatic rings. The Balaban J connectivity index is 1.47. The van der Waals surface area contributed by atoms with Crippen molar-refractivity contribution in [3.05, 3.63) is 95.3 Å². The summed E-state index contributed by atoms with van der Waals surface area (Å²) >= 11 is 0. The van der Waals surface area contributed by atoms with Crippen molar-refractivity contribution in [1.29, 1.82) is 0 Å². The predicted octanol–water partition coefficient (Wildman–Crippen LogP) is 3.94. The Morgan fingerprint density at radius 2 is 1.68 bits per heavy atom. The van der Waals surface area contributed by atoms with Crippen LogP contribution in [-0.4, -0.2) is 18.4 Å². The SMILES string of the molecule is Cc1cccc(OCCC(=O)NNC(=O)c2ccccc2OCc2ccc(F)cc2)c1. The molecule has 3 aromatic rings. The lowest BCUT2D eigenvalue weighted by Crippen LogP contribution is -2.42. The van der Waals surface area contributed by atoms with Crippen molar-refractivity contribution in [2.45, 2.75) is 20.0 Å². The van der Waals surface area contributed by atoms with Gasteiger partial charge >= 0.3 is 0 Å². The number of hydrogen-bond acceptors (Lipinski definition) is 4. The second-order valence-corrected chi connectivity index (χ2v) is 6.83. The molecule has 0 aromatic heterocycles. The van der Waals surface area contributed by atoms with Crippen LogP contribution in [0.15, 0.2) is 72.8 Å². The molecule has 3 rings (SSSR count). The molecule has 0 unspecified atom stereocenters. The number of amides is 2. The van der Waals surface area contributed by atoms with Crippen LogP contribution < -0.4 is 20.3 Å². The Morgan fingerprint density at radius 1 is 0.903 bits per heavy atom. The van der Waals surface area contributed by atoms with Crippen LogP contribution in [0.25, 0.3) is 0 Å². The number of carbonyl (C=O) groups is 2. The zero-order valence-electron chi connectivity index (χ0n) is 17.1. The molecule has 31 heavy (non-hydrogen) atoms.